The molecule has 1 atom stereocenters. The number of rotatable bonds is 6. The molecule has 1 aromatic rings. The van der Waals surface area contributed by atoms with Gasteiger partial charge in [0.15, 0.2) is 0 Å². The first-order chi connectivity index (χ1) is 10.9. The highest BCUT2D eigenvalue weighted by molar-refractivity contribution is 6.04. The number of nitrogens with one attached hydrogen (secondary N) is 2. The van der Waals surface area contributed by atoms with E-state index < -0.39 is 10.8 Å². The van der Waals surface area contributed by atoms with Crippen LogP contribution in [0, 0.1) is 5.41 Å². The van der Waals surface area contributed by atoms with Crippen molar-refractivity contribution in [2.24, 2.45) is 5.41 Å². The molecule has 1 heterocycles. The van der Waals surface area contributed by atoms with Gasteiger partial charge in [0, 0.05) is 6.42 Å². The van der Waals surface area contributed by atoms with E-state index in [-0.39, 0.29) is 11.8 Å². The van der Waals surface area contributed by atoms with Crippen molar-refractivity contribution in [1.29, 1.82) is 0 Å². The fraction of sp³-hybridized carbons (Fsp3) is 0.556. The van der Waals surface area contributed by atoms with Crippen LogP contribution >= 0.6 is 0 Å². The quantitative estimate of drug-likeness (QED) is 0.622. The molecule has 0 aliphatic carbocycles. The largest absolute Gasteiger partial charge is 0.497 e. The van der Waals surface area contributed by atoms with Crippen LogP contribution in [-0.4, -0.2) is 32.5 Å². The maximum atomic E-state index is 12.9. The lowest BCUT2D eigenvalue weighted by molar-refractivity contribution is -0.145. The molecule has 0 saturated carbocycles. The van der Waals surface area contributed by atoms with Crippen LogP contribution in [0.4, 0.5) is 0 Å². The molecule has 0 radical (unpaired) electrons. The summed E-state index contributed by atoms with van der Waals surface area (Å²) in [5, 5.41) is 5.68. The second-order valence-electron chi connectivity index (χ2n) is 6.78. The van der Waals surface area contributed by atoms with Gasteiger partial charge in [-0.25, -0.2) is 0 Å². The van der Waals surface area contributed by atoms with Crippen molar-refractivity contribution >= 4 is 11.8 Å². The van der Waals surface area contributed by atoms with Crippen LogP contribution in [0.25, 0.3) is 0 Å². The van der Waals surface area contributed by atoms with Crippen LogP contribution in [-0.2, 0) is 15.0 Å². The van der Waals surface area contributed by atoms with Gasteiger partial charge in [-0.15, -0.1) is 0 Å². The molecule has 2 amide bonds. The molecule has 5 nitrogen and oxygen atoms in total. The lowest BCUT2D eigenvalue weighted by atomic mass is 9.56. The molecule has 126 valence electrons. The highest BCUT2D eigenvalue weighted by Crippen LogP contribution is 2.50. The Kier molecular flexibility index (Phi) is 5.09. The molecule has 1 aliphatic heterocycles. The number of benzene rings is 1. The molecule has 0 bridgehead atoms. The van der Waals surface area contributed by atoms with Crippen molar-refractivity contribution in [3.8, 4) is 5.75 Å². The summed E-state index contributed by atoms with van der Waals surface area (Å²) in [5.41, 5.74) is -0.304. The Morgan fingerprint density at radius 3 is 2.65 bits per heavy atom. The third kappa shape index (κ3) is 3.11. The molecule has 2 rings (SSSR count). The highest BCUT2D eigenvalue weighted by atomic mass is 16.5. The summed E-state index contributed by atoms with van der Waals surface area (Å²) in [6, 6.07) is 7.63. The Balaban J connectivity index is 2.54. The van der Waals surface area contributed by atoms with Crippen molar-refractivity contribution in [1.82, 2.24) is 10.6 Å². The number of ether oxygens (including phenoxy) is 1. The molecule has 5 heteroatoms. The summed E-state index contributed by atoms with van der Waals surface area (Å²) >= 11 is 0. The van der Waals surface area contributed by atoms with Gasteiger partial charge in [-0.2, -0.15) is 0 Å². The van der Waals surface area contributed by atoms with Crippen molar-refractivity contribution in [2.45, 2.75) is 38.5 Å². The normalized spacial score (nSPS) is 23.5. The van der Waals surface area contributed by atoms with E-state index in [1.165, 1.54) is 0 Å². The van der Waals surface area contributed by atoms with E-state index in [9.17, 15) is 9.59 Å². The number of hydrogen-bond acceptors (Lipinski definition) is 4. The van der Waals surface area contributed by atoms with Gasteiger partial charge < -0.3 is 10.1 Å². The second kappa shape index (κ2) is 6.71. The minimum atomic E-state index is -0.744. The molecule has 1 aliphatic rings. The van der Waals surface area contributed by atoms with Crippen molar-refractivity contribution in [3.05, 3.63) is 29.8 Å². The summed E-state index contributed by atoms with van der Waals surface area (Å²) in [6.07, 6.45) is 1.85. The fourth-order valence-electron chi connectivity index (χ4n) is 3.67. The Morgan fingerprint density at radius 2 is 2.04 bits per heavy atom. The second-order valence-corrected chi connectivity index (χ2v) is 6.78. The van der Waals surface area contributed by atoms with E-state index in [0.717, 1.165) is 24.3 Å². The number of carbonyl (C=O) groups is 2. The molecule has 2 N–H and O–H groups in total. The number of piperidine rings is 1. The third-order valence-electron chi connectivity index (χ3n) is 4.94. The first kappa shape index (κ1) is 17.5. The lowest BCUT2D eigenvalue weighted by Crippen LogP contribution is -2.61. The van der Waals surface area contributed by atoms with Crippen LogP contribution in [0.15, 0.2) is 24.3 Å². The number of imide groups is 1. The van der Waals surface area contributed by atoms with Crippen molar-refractivity contribution < 1.29 is 14.3 Å². The maximum Gasteiger partial charge on any atom is 0.237 e. The zero-order valence-electron chi connectivity index (χ0n) is 14.4. The SMILES string of the molecule is CNCCC[C@@]1(c2cccc(OC)c2)C(=O)NC(=O)CC1(C)C. The van der Waals surface area contributed by atoms with E-state index >= 15 is 0 Å². The lowest BCUT2D eigenvalue weighted by Gasteiger charge is -2.48. The van der Waals surface area contributed by atoms with Gasteiger partial charge in [0.25, 0.3) is 0 Å². The zero-order chi connectivity index (χ0) is 17.1. The summed E-state index contributed by atoms with van der Waals surface area (Å²) < 4.78 is 5.33. The number of amides is 2. The number of hydrogen-bond donors (Lipinski definition) is 2. The first-order valence-electron chi connectivity index (χ1n) is 8.01. The van der Waals surface area contributed by atoms with Gasteiger partial charge in [-0.1, -0.05) is 26.0 Å². The molecule has 0 aromatic heterocycles. The van der Waals surface area contributed by atoms with Crippen LogP contribution in [0.3, 0.4) is 0 Å². The first-order valence-corrected chi connectivity index (χ1v) is 8.01. The van der Waals surface area contributed by atoms with E-state index in [1.54, 1.807) is 7.11 Å². The topological polar surface area (TPSA) is 67.4 Å². The Hall–Kier alpha value is -1.88. The minimum Gasteiger partial charge on any atom is -0.497 e. The molecular formula is C18H26N2O3. The van der Waals surface area contributed by atoms with E-state index in [2.05, 4.69) is 10.6 Å². The molecule has 1 fully saturated rings. The van der Waals surface area contributed by atoms with Gasteiger partial charge >= 0.3 is 0 Å². The summed E-state index contributed by atoms with van der Waals surface area (Å²) in [6.45, 7) is 4.83. The van der Waals surface area contributed by atoms with E-state index in [4.69, 9.17) is 4.74 Å². The summed E-state index contributed by atoms with van der Waals surface area (Å²) in [5.74, 6) is 0.311. The average Bonchev–Trinajstić information content (AvgIpc) is 2.49. The Bertz CT molecular complexity index is 598. The van der Waals surface area contributed by atoms with Crippen molar-refractivity contribution in [3.63, 3.8) is 0 Å². The maximum absolute atomic E-state index is 12.9. The fourth-order valence-corrected chi connectivity index (χ4v) is 3.67. The molecule has 1 aromatic carbocycles. The minimum absolute atomic E-state index is 0.202. The summed E-state index contributed by atoms with van der Waals surface area (Å²) in [4.78, 5) is 24.8. The highest BCUT2D eigenvalue weighted by Gasteiger charge is 2.55. The number of carbonyl (C=O) groups excluding carboxylic acids is 2. The summed E-state index contributed by atoms with van der Waals surface area (Å²) in [7, 11) is 3.51. The van der Waals surface area contributed by atoms with Gasteiger partial charge in [0.1, 0.15) is 5.75 Å². The van der Waals surface area contributed by atoms with Crippen molar-refractivity contribution in [2.75, 3.05) is 20.7 Å². The number of methoxy groups -OCH3 is 1. The van der Waals surface area contributed by atoms with Gasteiger partial charge in [-0.05, 0) is 49.5 Å². The predicted octanol–water partition coefficient (Wildman–Crippen LogP) is 2.01. The molecular weight excluding hydrogens is 292 g/mol. The Morgan fingerprint density at radius 1 is 1.30 bits per heavy atom. The van der Waals surface area contributed by atoms with Gasteiger partial charge in [0.2, 0.25) is 11.8 Å². The molecule has 1 saturated heterocycles. The zero-order valence-corrected chi connectivity index (χ0v) is 14.4. The van der Waals surface area contributed by atoms with E-state index in [1.807, 2.05) is 45.2 Å². The van der Waals surface area contributed by atoms with Crippen LogP contribution in [0.2, 0.25) is 0 Å². The van der Waals surface area contributed by atoms with Crippen LogP contribution < -0.4 is 15.4 Å². The molecule has 0 unspecified atom stereocenters. The van der Waals surface area contributed by atoms with Gasteiger partial charge in [0.05, 0.1) is 12.5 Å². The van der Waals surface area contributed by atoms with E-state index in [0.29, 0.717) is 12.8 Å². The van der Waals surface area contributed by atoms with Crippen LogP contribution in [0.1, 0.15) is 38.7 Å². The third-order valence-corrected chi connectivity index (χ3v) is 4.94. The predicted molar refractivity (Wildman–Crippen MR) is 89.4 cm³/mol. The Labute approximate surface area is 137 Å². The van der Waals surface area contributed by atoms with Crippen LogP contribution in [0.5, 0.6) is 5.75 Å². The standard InChI is InChI=1S/C18H26N2O3/c1-17(2)12-15(21)20-16(22)18(17,9-6-10-19-3)13-7-5-8-14(11-13)23-4/h5,7-8,11,19H,6,9-10,12H2,1-4H3,(H,20,21,22)/t18-/m1/s1. The average molecular weight is 318 g/mol. The monoisotopic (exact) mass is 318 g/mol. The molecule has 23 heavy (non-hydrogen) atoms. The molecule has 0 spiro atoms. The van der Waals surface area contributed by atoms with Gasteiger partial charge in [-0.3, -0.25) is 14.9 Å². The smallest absolute Gasteiger partial charge is 0.237 e.